The number of benzene rings is 1. The Kier molecular flexibility index (Phi) is 6.39. The van der Waals surface area contributed by atoms with Crippen molar-refractivity contribution in [1.29, 1.82) is 0 Å². The van der Waals surface area contributed by atoms with Gasteiger partial charge in [0, 0.05) is 43.2 Å². The van der Waals surface area contributed by atoms with E-state index in [0.717, 1.165) is 17.1 Å². The van der Waals surface area contributed by atoms with Crippen LogP contribution < -0.4 is 10.6 Å². The average Bonchev–Trinajstić information content (AvgIpc) is 3.08. The average molecular weight is 347 g/mol. The number of hydrogen-bond donors (Lipinski definition) is 2. The largest absolute Gasteiger partial charge is 0.359 e. The van der Waals surface area contributed by atoms with E-state index >= 15 is 0 Å². The van der Waals surface area contributed by atoms with Crippen LogP contribution in [0.2, 0.25) is 0 Å². The third-order valence-corrected chi connectivity index (χ3v) is 4.32. The number of carbonyl (C=O) groups excluding carboxylic acids is 2. The van der Waals surface area contributed by atoms with Crippen LogP contribution in [0.3, 0.4) is 0 Å². The second-order valence-electron chi connectivity index (χ2n) is 5.54. The van der Waals surface area contributed by atoms with Gasteiger partial charge in [0.15, 0.2) is 0 Å². The van der Waals surface area contributed by atoms with Crippen molar-refractivity contribution in [3.8, 4) is 0 Å². The van der Waals surface area contributed by atoms with E-state index in [1.54, 1.807) is 19.2 Å². The van der Waals surface area contributed by atoms with Crippen LogP contribution in [0.1, 0.15) is 29.3 Å². The first-order valence-electron chi connectivity index (χ1n) is 7.57. The van der Waals surface area contributed by atoms with Gasteiger partial charge in [-0.2, -0.15) is 4.37 Å². The molecule has 0 saturated heterocycles. The maximum absolute atomic E-state index is 12.1. The van der Waals surface area contributed by atoms with E-state index in [-0.39, 0.29) is 17.9 Å². The Labute approximate surface area is 145 Å². The smallest absolute Gasteiger partial charge is 0.257 e. The highest BCUT2D eigenvalue weighted by molar-refractivity contribution is 7.09. The zero-order valence-corrected chi connectivity index (χ0v) is 14.8. The second-order valence-corrected chi connectivity index (χ2v) is 6.32. The van der Waals surface area contributed by atoms with Crippen molar-refractivity contribution in [3.63, 3.8) is 0 Å². The van der Waals surface area contributed by atoms with Gasteiger partial charge >= 0.3 is 0 Å². The first kappa shape index (κ1) is 18.0. The summed E-state index contributed by atoms with van der Waals surface area (Å²) in [6, 6.07) is 7.52. The molecule has 1 aromatic carbocycles. The number of amides is 2. The van der Waals surface area contributed by atoms with E-state index in [9.17, 15) is 9.59 Å². The summed E-state index contributed by atoms with van der Waals surface area (Å²) >= 11 is 1.13. The minimum atomic E-state index is -0.209. The molecule has 1 unspecified atom stereocenters. The molecule has 0 fully saturated rings. The second kappa shape index (κ2) is 8.51. The Morgan fingerprint density at radius 2 is 2.00 bits per heavy atom. The van der Waals surface area contributed by atoms with Gasteiger partial charge in [-0.15, -0.1) is 0 Å². The van der Waals surface area contributed by atoms with Gasteiger partial charge in [0.2, 0.25) is 11.0 Å². The summed E-state index contributed by atoms with van der Waals surface area (Å²) in [7, 11) is 3.62. The van der Waals surface area contributed by atoms with E-state index in [2.05, 4.69) is 24.9 Å². The van der Waals surface area contributed by atoms with E-state index in [0.29, 0.717) is 23.7 Å². The third kappa shape index (κ3) is 5.10. The fourth-order valence-corrected chi connectivity index (χ4v) is 2.56. The molecule has 1 heterocycles. The Bertz CT molecular complexity index is 672. The van der Waals surface area contributed by atoms with Gasteiger partial charge < -0.3 is 5.32 Å². The topological polar surface area (TPSA) is 87.2 Å². The van der Waals surface area contributed by atoms with Crippen LogP contribution in [0.15, 0.2) is 30.6 Å². The summed E-state index contributed by atoms with van der Waals surface area (Å²) < 4.78 is 3.84. The van der Waals surface area contributed by atoms with E-state index in [1.165, 1.54) is 6.33 Å². The molecular formula is C16H21N5O2S. The molecular weight excluding hydrogens is 326 g/mol. The van der Waals surface area contributed by atoms with Gasteiger partial charge in [-0.1, -0.05) is 12.1 Å². The number of aromatic nitrogens is 2. The first-order valence-corrected chi connectivity index (χ1v) is 8.34. The fraction of sp³-hybridized carbons (Fsp3) is 0.375. The molecule has 0 aliphatic rings. The van der Waals surface area contributed by atoms with Crippen molar-refractivity contribution in [2.75, 3.05) is 19.4 Å². The lowest BCUT2D eigenvalue weighted by Crippen LogP contribution is -2.33. The Morgan fingerprint density at radius 3 is 2.58 bits per heavy atom. The lowest BCUT2D eigenvalue weighted by Gasteiger charge is -2.24. The summed E-state index contributed by atoms with van der Waals surface area (Å²) in [4.78, 5) is 29.5. The van der Waals surface area contributed by atoms with Gasteiger partial charge in [0.05, 0.1) is 0 Å². The monoisotopic (exact) mass is 347 g/mol. The summed E-state index contributed by atoms with van der Waals surface area (Å²) in [6.45, 7) is 2.72. The van der Waals surface area contributed by atoms with Gasteiger partial charge in [0.1, 0.15) is 6.33 Å². The van der Waals surface area contributed by atoms with E-state index < -0.39 is 0 Å². The molecule has 0 spiro atoms. The maximum Gasteiger partial charge on any atom is 0.257 e. The Morgan fingerprint density at radius 1 is 1.29 bits per heavy atom. The fourth-order valence-electron chi connectivity index (χ4n) is 2.13. The number of anilines is 1. The van der Waals surface area contributed by atoms with E-state index in [4.69, 9.17) is 0 Å². The molecule has 1 aromatic heterocycles. The SMILES string of the molecule is CNC(=O)CC(C)N(C)Cc1ccc(C(=O)Nc2ncns2)cc1. The Balaban J connectivity index is 1.91. The van der Waals surface area contributed by atoms with Crippen molar-refractivity contribution in [3.05, 3.63) is 41.7 Å². The molecule has 0 radical (unpaired) electrons. The minimum absolute atomic E-state index is 0.0260. The summed E-state index contributed by atoms with van der Waals surface area (Å²) in [6.07, 6.45) is 1.86. The molecule has 2 amide bonds. The minimum Gasteiger partial charge on any atom is -0.359 e. The number of nitrogens with zero attached hydrogens (tertiary/aromatic N) is 3. The third-order valence-electron chi connectivity index (χ3n) is 3.74. The highest BCUT2D eigenvalue weighted by Crippen LogP contribution is 2.13. The maximum atomic E-state index is 12.1. The highest BCUT2D eigenvalue weighted by atomic mass is 32.1. The van der Waals surface area contributed by atoms with Crippen LogP contribution in [-0.2, 0) is 11.3 Å². The number of carbonyl (C=O) groups is 2. The molecule has 2 N–H and O–H groups in total. The van der Waals surface area contributed by atoms with Gasteiger partial charge in [-0.25, -0.2) is 4.98 Å². The van der Waals surface area contributed by atoms with Crippen LogP contribution in [0.4, 0.5) is 5.13 Å². The summed E-state index contributed by atoms with van der Waals surface area (Å²) in [5.74, 6) is -0.183. The van der Waals surface area contributed by atoms with Crippen molar-refractivity contribution in [1.82, 2.24) is 19.6 Å². The molecule has 2 aromatic rings. The van der Waals surface area contributed by atoms with Gasteiger partial charge in [-0.3, -0.25) is 19.8 Å². The zero-order chi connectivity index (χ0) is 17.5. The molecule has 0 aliphatic carbocycles. The predicted octanol–water partition coefficient (Wildman–Crippen LogP) is 1.75. The van der Waals surface area contributed by atoms with Gasteiger partial charge in [0.25, 0.3) is 5.91 Å². The quantitative estimate of drug-likeness (QED) is 0.797. The first-order chi connectivity index (χ1) is 11.5. The summed E-state index contributed by atoms with van der Waals surface area (Å²) in [5.41, 5.74) is 1.64. The van der Waals surface area contributed by atoms with Crippen LogP contribution in [-0.4, -0.2) is 46.2 Å². The molecule has 24 heavy (non-hydrogen) atoms. The Hall–Kier alpha value is -2.32. The molecule has 1 atom stereocenters. The number of rotatable bonds is 7. The van der Waals surface area contributed by atoms with Crippen molar-refractivity contribution in [2.45, 2.75) is 25.9 Å². The standard InChI is InChI=1S/C16H21N5O2S/c1-11(8-14(22)17-2)21(3)9-12-4-6-13(7-5-12)15(23)20-16-18-10-19-24-16/h4-7,10-11H,8-9H2,1-3H3,(H,17,22)(H,18,19,20,23). The number of hydrogen-bond acceptors (Lipinski definition) is 6. The molecule has 7 nitrogen and oxygen atoms in total. The lowest BCUT2D eigenvalue weighted by atomic mass is 10.1. The predicted molar refractivity (Wildman–Crippen MR) is 93.9 cm³/mol. The van der Waals surface area contributed by atoms with Crippen LogP contribution in [0.5, 0.6) is 0 Å². The molecule has 0 aliphatic heterocycles. The van der Waals surface area contributed by atoms with Crippen molar-refractivity contribution in [2.24, 2.45) is 0 Å². The van der Waals surface area contributed by atoms with E-state index in [1.807, 2.05) is 26.1 Å². The van der Waals surface area contributed by atoms with Crippen molar-refractivity contribution < 1.29 is 9.59 Å². The van der Waals surface area contributed by atoms with Crippen molar-refractivity contribution >= 4 is 28.5 Å². The zero-order valence-electron chi connectivity index (χ0n) is 13.9. The molecule has 2 rings (SSSR count). The molecule has 8 heteroatoms. The normalized spacial score (nSPS) is 12.0. The molecule has 0 bridgehead atoms. The highest BCUT2D eigenvalue weighted by Gasteiger charge is 2.14. The van der Waals surface area contributed by atoms with Crippen LogP contribution in [0, 0.1) is 0 Å². The lowest BCUT2D eigenvalue weighted by molar-refractivity contribution is -0.121. The van der Waals surface area contributed by atoms with Gasteiger partial charge in [-0.05, 0) is 31.7 Å². The van der Waals surface area contributed by atoms with Crippen LogP contribution >= 0.6 is 11.5 Å². The molecule has 128 valence electrons. The number of nitrogens with one attached hydrogen (secondary N) is 2. The van der Waals surface area contributed by atoms with Crippen LogP contribution in [0.25, 0.3) is 0 Å². The molecule has 0 saturated carbocycles. The summed E-state index contributed by atoms with van der Waals surface area (Å²) in [5, 5.41) is 5.81.